The summed E-state index contributed by atoms with van der Waals surface area (Å²) in [5.41, 5.74) is 2.18. The Balaban J connectivity index is 0.00000361. The molecule has 36 heavy (non-hydrogen) atoms. The predicted octanol–water partition coefficient (Wildman–Crippen LogP) is 6.60. The van der Waals surface area contributed by atoms with Gasteiger partial charge in [0, 0.05) is 17.7 Å². The van der Waals surface area contributed by atoms with E-state index in [-0.39, 0.29) is 30.3 Å². The van der Waals surface area contributed by atoms with Crippen LogP contribution in [0.1, 0.15) is 31.0 Å². The van der Waals surface area contributed by atoms with Crippen LogP contribution in [0, 0.1) is 6.92 Å². The smallest absolute Gasteiger partial charge is 0.417 e. The zero-order valence-electron chi connectivity index (χ0n) is 18.9. The first kappa shape index (κ1) is 26.6. The Hall–Kier alpha value is -3.98. The lowest BCUT2D eigenvalue weighted by molar-refractivity contribution is -0.139. The lowest BCUT2D eigenvalue weighted by atomic mass is 9.94. The van der Waals surface area contributed by atoms with E-state index in [1.165, 1.54) is 12.1 Å². The maximum Gasteiger partial charge on any atom is 0.417 e. The normalized spacial score (nSPS) is 12.1. The molecule has 0 aliphatic heterocycles. The number of hydrogen-bond donors (Lipinski definition) is 2. The molecule has 0 spiro atoms. The van der Waals surface area contributed by atoms with Gasteiger partial charge in [-0.2, -0.15) is 18.2 Å². The Kier molecular flexibility index (Phi) is 7.94. The summed E-state index contributed by atoms with van der Waals surface area (Å²) in [5.74, 6) is -0.737. The molecule has 0 saturated heterocycles. The number of nitrogens with one attached hydrogen (secondary N) is 1. The number of rotatable bonds is 7. The van der Waals surface area contributed by atoms with Crippen molar-refractivity contribution in [3.8, 4) is 34.0 Å². The Morgan fingerprint density at radius 3 is 2.33 bits per heavy atom. The van der Waals surface area contributed by atoms with Crippen molar-refractivity contribution in [2.24, 2.45) is 0 Å². The van der Waals surface area contributed by atoms with Crippen LogP contribution in [0.5, 0.6) is 0 Å². The molecule has 0 unspecified atom stereocenters. The van der Waals surface area contributed by atoms with Crippen LogP contribution >= 0.6 is 0 Å². The number of aromatic nitrogens is 2. The van der Waals surface area contributed by atoms with Crippen LogP contribution < -0.4 is 5.32 Å². The molecule has 4 aromatic rings. The number of nitrogens with zero attached hydrogens (tertiary/aromatic N) is 2. The summed E-state index contributed by atoms with van der Waals surface area (Å²) >= 11 is 0. The van der Waals surface area contributed by atoms with Crippen LogP contribution in [0.4, 0.5) is 13.2 Å². The second-order valence-electron chi connectivity index (χ2n) is 8.13. The highest BCUT2D eigenvalue weighted by Crippen LogP contribution is 2.40. The number of aryl methyl sites for hydroxylation is 1. The lowest BCUT2D eigenvalue weighted by Crippen LogP contribution is -2.33. The molecule has 9 heteroatoms. The fraction of sp³-hybridized carbons (Fsp3) is 0.222. The van der Waals surface area contributed by atoms with Crippen LogP contribution in [0.3, 0.4) is 0 Å². The number of carboxylic acid groups (broad SMARTS) is 1. The molecule has 1 atom stereocenters. The molecule has 0 fully saturated rings. The molecule has 1 heterocycles. The van der Waals surface area contributed by atoms with Gasteiger partial charge >= 0.3 is 12.1 Å². The van der Waals surface area contributed by atoms with Gasteiger partial charge in [-0.25, -0.2) is 0 Å². The molecule has 4 rings (SSSR count). The number of benzene rings is 3. The molecule has 188 valence electrons. The summed E-state index contributed by atoms with van der Waals surface area (Å²) in [6.07, 6.45) is -4.57. The van der Waals surface area contributed by atoms with E-state index in [4.69, 9.17) is 9.63 Å². The fourth-order valence-corrected chi connectivity index (χ4v) is 3.61. The summed E-state index contributed by atoms with van der Waals surface area (Å²) < 4.78 is 47.0. The minimum Gasteiger partial charge on any atom is -0.480 e. The minimum atomic E-state index is -4.57. The highest BCUT2D eigenvalue weighted by atomic mass is 19.4. The third-order valence-corrected chi connectivity index (χ3v) is 5.63. The van der Waals surface area contributed by atoms with Gasteiger partial charge in [0.2, 0.25) is 5.82 Å². The SMILES string of the molecule is C.Cc1ccccc1-c1ccc(-c2nc(-c3ccc(CN[C@H](C)C(=O)O)cc3)no2)cc1C(F)(F)F. The first-order valence-electron chi connectivity index (χ1n) is 10.8. The maximum absolute atomic E-state index is 13.9. The van der Waals surface area contributed by atoms with E-state index >= 15 is 0 Å². The van der Waals surface area contributed by atoms with Crippen molar-refractivity contribution in [2.75, 3.05) is 0 Å². The molecule has 0 aliphatic carbocycles. The molecule has 0 amide bonds. The molecule has 0 aliphatic rings. The predicted molar refractivity (Wildman–Crippen MR) is 131 cm³/mol. The molecule has 0 saturated carbocycles. The van der Waals surface area contributed by atoms with E-state index in [9.17, 15) is 18.0 Å². The molecular weight excluding hydrogens is 471 g/mol. The summed E-state index contributed by atoms with van der Waals surface area (Å²) in [5, 5.41) is 15.7. The maximum atomic E-state index is 13.9. The van der Waals surface area contributed by atoms with Crippen LogP contribution in [0.2, 0.25) is 0 Å². The van der Waals surface area contributed by atoms with Gasteiger partial charge in [0.25, 0.3) is 5.89 Å². The van der Waals surface area contributed by atoms with Gasteiger partial charge in [0.15, 0.2) is 0 Å². The lowest BCUT2D eigenvalue weighted by Gasteiger charge is -2.15. The Morgan fingerprint density at radius 1 is 1.03 bits per heavy atom. The number of halogens is 3. The number of aliphatic carboxylic acids is 1. The average Bonchev–Trinajstić information content (AvgIpc) is 3.32. The van der Waals surface area contributed by atoms with Gasteiger partial charge < -0.3 is 14.9 Å². The summed E-state index contributed by atoms with van der Waals surface area (Å²) in [7, 11) is 0. The molecule has 1 aromatic heterocycles. The van der Waals surface area contributed by atoms with E-state index in [0.717, 1.165) is 17.2 Å². The van der Waals surface area contributed by atoms with E-state index in [2.05, 4.69) is 15.5 Å². The third kappa shape index (κ3) is 5.80. The number of carboxylic acids is 1. The van der Waals surface area contributed by atoms with Crippen molar-refractivity contribution in [3.05, 3.63) is 83.4 Å². The second kappa shape index (κ2) is 10.7. The molecule has 0 radical (unpaired) electrons. The Labute approximate surface area is 206 Å². The minimum absolute atomic E-state index is 0. The zero-order valence-corrected chi connectivity index (χ0v) is 18.9. The Bertz CT molecular complexity index is 1350. The molecule has 3 aromatic carbocycles. The average molecular weight is 498 g/mol. The Morgan fingerprint density at radius 2 is 1.69 bits per heavy atom. The zero-order chi connectivity index (χ0) is 25.2. The number of alkyl halides is 3. The highest BCUT2D eigenvalue weighted by molar-refractivity contribution is 5.75. The van der Waals surface area contributed by atoms with Gasteiger partial charge in [-0.05, 0) is 48.2 Å². The van der Waals surface area contributed by atoms with Crippen molar-refractivity contribution >= 4 is 5.97 Å². The third-order valence-electron chi connectivity index (χ3n) is 5.63. The summed E-state index contributed by atoms with van der Waals surface area (Å²) in [6.45, 7) is 3.68. The largest absolute Gasteiger partial charge is 0.480 e. The fourth-order valence-electron chi connectivity index (χ4n) is 3.61. The van der Waals surface area contributed by atoms with Crippen LogP contribution in [-0.4, -0.2) is 27.3 Å². The van der Waals surface area contributed by atoms with Gasteiger partial charge in [-0.15, -0.1) is 0 Å². The van der Waals surface area contributed by atoms with Gasteiger partial charge in [-0.3, -0.25) is 4.79 Å². The molecule has 2 N–H and O–H groups in total. The van der Waals surface area contributed by atoms with Crippen molar-refractivity contribution < 1.29 is 27.6 Å². The molecular formula is C27H26F3N3O3. The van der Waals surface area contributed by atoms with Gasteiger partial charge in [-0.1, -0.05) is 67.2 Å². The first-order valence-corrected chi connectivity index (χ1v) is 10.8. The topological polar surface area (TPSA) is 88.2 Å². The monoisotopic (exact) mass is 497 g/mol. The summed E-state index contributed by atoms with van der Waals surface area (Å²) in [4.78, 5) is 15.2. The van der Waals surface area contributed by atoms with Crippen LogP contribution in [-0.2, 0) is 17.5 Å². The quantitative estimate of drug-likeness (QED) is 0.299. The second-order valence-corrected chi connectivity index (χ2v) is 8.13. The van der Waals surface area contributed by atoms with Crippen molar-refractivity contribution in [1.82, 2.24) is 15.5 Å². The van der Waals surface area contributed by atoms with E-state index in [0.29, 0.717) is 17.7 Å². The van der Waals surface area contributed by atoms with Crippen LogP contribution in [0.15, 0.2) is 71.3 Å². The van der Waals surface area contributed by atoms with Crippen LogP contribution in [0.25, 0.3) is 34.0 Å². The molecule has 6 nitrogen and oxygen atoms in total. The highest BCUT2D eigenvalue weighted by Gasteiger charge is 2.34. The van der Waals surface area contributed by atoms with E-state index < -0.39 is 23.8 Å². The molecule has 0 bridgehead atoms. The summed E-state index contributed by atoms with van der Waals surface area (Å²) in [6, 6.07) is 17.2. The number of hydrogen-bond acceptors (Lipinski definition) is 5. The van der Waals surface area contributed by atoms with Crippen molar-refractivity contribution in [2.45, 2.75) is 40.0 Å². The van der Waals surface area contributed by atoms with Crippen molar-refractivity contribution in [1.29, 1.82) is 0 Å². The van der Waals surface area contributed by atoms with Gasteiger partial charge in [0.1, 0.15) is 6.04 Å². The van der Waals surface area contributed by atoms with Gasteiger partial charge in [0.05, 0.1) is 5.56 Å². The number of carbonyl (C=O) groups is 1. The van der Waals surface area contributed by atoms with Crippen molar-refractivity contribution in [3.63, 3.8) is 0 Å². The first-order chi connectivity index (χ1) is 16.6. The standard InChI is InChI=1S/C26H22F3N3O3.CH4/c1-15-5-3-4-6-20(15)21-12-11-19(13-22(21)26(27,28)29)24-31-23(32-35-24)18-9-7-17(8-10-18)14-30-16(2)25(33)34;/h3-13,16,30H,14H2,1-2H3,(H,33,34);1H4/t16-;/m1./s1. The van der Waals surface area contributed by atoms with E-state index in [1.54, 1.807) is 62.4 Å². The van der Waals surface area contributed by atoms with E-state index in [1.807, 2.05) is 0 Å².